The van der Waals surface area contributed by atoms with Crippen molar-refractivity contribution in [3.8, 4) is 5.75 Å². The summed E-state index contributed by atoms with van der Waals surface area (Å²) in [7, 11) is 5.65. The number of hydrogen-bond acceptors (Lipinski definition) is 5. The summed E-state index contributed by atoms with van der Waals surface area (Å²) in [6.07, 6.45) is 0. The second-order valence-corrected chi connectivity index (χ2v) is 6.54. The van der Waals surface area contributed by atoms with E-state index in [1.165, 1.54) is 4.90 Å². The lowest BCUT2D eigenvalue weighted by molar-refractivity contribution is -1.02. The minimum Gasteiger partial charge on any atom is -0.496 e. The number of benzene rings is 1. The summed E-state index contributed by atoms with van der Waals surface area (Å²) < 4.78 is 12.7. The zero-order valence-electron chi connectivity index (χ0n) is 15.2. The summed E-state index contributed by atoms with van der Waals surface area (Å²) in [6, 6.07) is 8.23. The Kier molecular flexibility index (Phi) is 5.95. The average Bonchev–Trinajstić information content (AvgIpc) is 3.10. The number of aromatic nitrogens is 4. The fourth-order valence-corrected chi connectivity index (χ4v) is 3.49. The third kappa shape index (κ3) is 3.97. The highest BCUT2D eigenvalue weighted by Crippen LogP contribution is 2.26. The van der Waals surface area contributed by atoms with Gasteiger partial charge in [0.25, 0.3) is 0 Å². The quantitative estimate of drug-likeness (QED) is 0.596. The highest BCUT2D eigenvalue weighted by molar-refractivity contribution is 5.37. The summed E-state index contributed by atoms with van der Waals surface area (Å²) in [6.45, 7) is 5.65. The average molecular weight is 348 g/mol. The van der Waals surface area contributed by atoms with Crippen LogP contribution in [0.25, 0.3) is 0 Å². The lowest BCUT2D eigenvalue weighted by atomic mass is 10.0. The van der Waals surface area contributed by atoms with Crippen LogP contribution in [-0.2, 0) is 11.3 Å². The Bertz CT molecular complexity index is 669. The van der Waals surface area contributed by atoms with Gasteiger partial charge in [-0.1, -0.05) is 12.1 Å². The van der Waals surface area contributed by atoms with E-state index in [1.54, 1.807) is 19.1 Å². The van der Waals surface area contributed by atoms with Crippen molar-refractivity contribution in [1.29, 1.82) is 0 Å². The second kappa shape index (κ2) is 8.37. The number of methoxy groups -OCH3 is 2. The molecule has 1 aliphatic heterocycles. The zero-order chi connectivity index (χ0) is 17.6. The van der Waals surface area contributed by atoms with Crippen LogP contribution in [0.5, 0.6) is 5.75 Å². The molecule has 25 heavy (non-hydrogen) atoms. The van der Waals surface area contributed by atoms with E-state index in [1.807, 2.05) is 16.8 Å². The van der Waals surface area contributed by atoms with Crippen LogP contribution in [0.1, 0.15) is 17.4 Å². The Hall–Kier alpha value is -2.03. The Morgan fingerprint density at radius 2 is 1.92 bits per heavy atom. The third-order valence-corrected chi connectivity index (χ3v) is 4.93. The van der Waals surface area contributed by atoms with Crippen molar-refractivity contribution in [3.63, 3.8) is 0 Å². The molecule has 1 aliphatic rings. The van der Waals surface area contributed by atoms with Crippen LogP contribution in [-0.4, -0.2) is 74.3 Å². The normalized spacial score (nSPS) is 21.9. The van der Waals surface area contributed by atoms with Gasteiger partial charge in [0.05, 0.1) is 32.9 Å². The van der Waals surface area contributed by atoms with Crippen molar-refractivity contribution in [2.45, 2.75) is 12.6 Å². The number of hydrogen-bond donors (Lipinski definition) is 2. The number of tetrazole rings is 1. The Morgan fingerprint density at radius 1 is 1.16 bits per heavy atom. The molecule has 2 aromatic rings. The largest absolute Gasteiger partial charge is 0.496 e. The van der Waals surface area contributed by atoms with Crippen LogP contribution in [0.2, 0.25) is 0 Å². The molecular formula is C17H28N6O2+2. The minimum atomic E-state index is 0.0520. The van der Waals surface area contributed by atoms with E-state index in [9.17, 15) is 0 Å². The van der Waals surface area contributed by atoms with Crippen LogP contribution >= 0.6 is 0 Å². The minimum absolute atomic E-state index is 0.0520. The highest BCUT2D eigenvalue weighted by Gasteiger charge is 2.36. The summed E-state index contributed by atoms with van der Waals surface area (Å²) in [5.74, 6) is 1.75. The molecule has 0 radical (unpaired) electrons. The molecule has 1 fully saturated rings. The molecule has 136 valence electrons. The van der Waals surface area contributed by atoms with Crippen LogP contribution in [0.15, 0.2) is 24.3 Å². The highest BCUT2D eigenvalue weighted by atomic mass is 16.5. The van der Waals surface area contributed by atoms with Gasteiger partial charge in [-0.25, -0.2) is 4.68 Å². The van der Waals surface area contributed by atoms with Gasteiger partial charge in [0.2, 0.25) is 5.82 Å². The number of rotatable bonds is 7. The van der Waals surface area contributed by atoms with Gasteiger partial charge in [-0.2, -0.15) is 0 Å². The van der Waals surface area contributed by atoms with Crippen LogP contribution in [0.4, 0.5) is 0 Å². The lowest BCUT2D eigenvalue weighted by Crippen LogP contribution is -3.27. The van der Waals surface area contributed by atoms with Gasteiger partial charge in [0.15, 0.2) is 6.04 Å². The standard InChI is InChI=1S/C17H26N6O2/c1-21-8-10-22(11-9-21)16(14-6-4-5-7-15(14)25-3)17-18-19-20-23(17)12-13-24-2/h4-7,16H,8-13H2,1-3H3/p+2/t16-/m1/s1. The van der Waals surface area contributed by atoms with E-state index >= 15 is 0 Å². The number of para-hydroxylation sites is 1. The number of nitrogens with zero attached hydrogens (tertiary/aromatic N) is 4. The van der Waals surface area contributed by atoms with Crippen molar-refractivity contribution in [1.82, 2.24) is 20.2 Å². The number of likely N-dealkylation sites (N-methyl/N-ethyl adjacent to an activating group) is 1. The first-order valence-electron chi connectivity index (χ1n) is 8.78. The molecule has 2 heterocycles. The van der Waals surface area contributed by atoms with Gasteiger partial charge >= 0.3 is 0 Å². The first-order chi connectivity index (χ1) is 12.2. The molecule has 8 nitrogen and oxygen atoms in total. The predicted octanol–water partition coefficient (Wildman–Crippen LogP) is -2.17. The van der Waals surface area contributed by atoms with Crippen molar-refractivity contribution >= 4 is 0 Å². The smallest absolute Gasteiger partial charge is 0.214 e. The van der Waals surface area contributed by atoms with Gasteiger partial charge in [0, 0.05) is 7.11 Å². The van der Waals surface area contributed by atoms with Gasteiger partial charge in [-0.15, -0.1) is 5.10 Å². The predicted molar refractivity (Wildman–Crippen MR) is 91.8 cm³/mol. The summed E-state index contributed by atoms with van der Waals surface area (Å²) >= 11 is 0. The van der Waals surface area contributed by atoms with Crippen LogP contribution < -0.4 is 14.5 Å². The molecule has 1 saturated heterocycles. The molecule has 0 aliphatic carbocycles. The van der Waals surface area contributed by atoms with Crippen molar-refractivity contribution in [2.24, 2.45) is 0 Å². The van der Waals surface area contributed by atoms with Gasteiger partial charge in [-0.05, 0) is 22.6 Å². The Labute approximate surface area is 148 Å². The van der Waals surface area contributed by atoms with Gasteiger partial charge < -0.3 is 19.3 Å². The van der Waals surface area contributed by atoms with Gasteiger partial charge in [0.1, 0.15) is 31.9 Å². The fourth-order valence-electron chi connectivity index (χ4n) is 3.49. The Morgan fingerprint density at radius 3 is 2.64 bits per heavy atom. The van der Waals surface area contributed by atoms with E-state index in [4.69, 9.17) is 9.47 Å². The summed E-state index contributed by atoms with van der Waals surface area (Å²) in [5, 5.41) is 12.5. The molecule has 8 heteroatoms. The van der Waals surface area contributed by atoms with Crippen molar-refractivity contribution < 1.29 is 19.3 Å². The topological polar surface area (TPSA) is 70.9 Å². The molecule has 2 N–H and O–H groups in total. The molecular weight excluding hydrogens is 320 g/mol. The second-order valence-electron chi connectivity index (χ2n) is 6.54. The number of ether oxygens (including phenoxy) is 2. The number of piperazine rings is 1. The van der Waals surface area contributed by atoms with Crippen LogP contribution in [0.3, 0.4) is 0 Å². The summed E-state index contributed by atoms with van der Waals surface area (Å²) in [5.41, 5.74) is 1.13. The summed E-state index contributed by atoms with van der Waals surface area (Å²) in [4.78, 5) is 3.05. The molecule has 0 saturated carbocycles. The molecule has 1 aromatic carbocycles. The van der Waals surface area contributed by atoms with E-state index in [2.05, 4.69) is 34.7 Å². The van der Waals surface area contributed by atoms with Crippen molar-refractivity contribution in [3.05, 3.63) is 35.7 Å². The lowest BCUT2D eigenvalue weighted by Gasteiger charge is -2.33. The van der Waals surface area contributed by atoms with E-state index in [0.29, 0.717) is 13.2 Å². The van der Waals surface area contributed by atoms with Crippen molar-refractivity contribution in [2.75, 3.05) is 54.1 Å². The Balaban J connectivity index is 1.99. The molecule has 3 rings (SSSR count). The number of quaternary nitrogens is 2. The fraction of sp³-hybridized carbons (Fsp3) is 0.588. The van der Waals surface area contributed by atoms with Gasteiger partial charge in [-0.3, -0.25) is 0 Å². The SMILES string of the molecule is COCCn1nnnc1[C@@H](c1ccccc1OC)[NH+]1CC[NH+](C)CC1. The maximum atomic E-state index is 5.64. The molecule has 0 bridgehead atoms. The molecule has 0 spiro atoms. The van der Waals surface area contributed by atoms with Crippen LogP contribution in [0, 0.1) is 0 Å². The molecule has 0 unspecified atom stereocenters. The third-order valence-electron chi connectivity index (χ3n) is 4.93. The number of nitrogens with one attached hydrogen (secondary N) is 2. The monoisotopic (exact) mass is 348 g/mol. The van der Waals surface area contributed by atoms with E-state index < -0.39 is 0 Å². The zero-order valence-corrected chi connectivity index (χ0v) is 15.2. The van der Waals surface area contributed by atoms with E-state index in [-0.39, 0.29) is 6.04 Å². The molecule has 0 amide bonds. The maximum Gasteiger partial charge on any atom is 0.214 e. The first-order valence-corrected chi connectivity index (χ1v) is 8.78. The molecule has 1 aromatic heterocycles. The maximum absolute atomic E-state index is 5.64. The first kappa shape index (κ1) is 17.8. The van der Waals surface area contributed by atoms with E-state index in [0.717, 1.165) is 43.3 Å². The molecule has 1 atom stereocenters.